The van der Waals surface area contributed by atoms with Gasteiger partial charge in [0.1, 0.15) is 24.4 Å². The van der Waals surface area contributed by atoms with Crippen LogP contribution in [0.1, 0.15) is 52.9 Å². The highest BCUT2D eigenvalue weighted by molar-refractivity contribution is 5.75. The molecule has 0 aliphatic carbocycles. The summed E-state index contributed by atoms with van der Waals surface area (Å²) in [4.78, 5) is 10.8. The van der Waals surface area contributed by atoms with E-state index in [1.807, 2.05) is 19.1 Å². The number of aldehydes is 1. The van der Waals surface area contributed by atoms with Crippen LogP contribution in [0.4, 0.5) is 0 Å². The first kappa shape index (κ1) is 23.6. The first-order valence-corrected chi connectivity index (χ1v) is 10.9. The molecule has 0 radical (unpaired) electrons. The van der Waals surface area contributed by atoms with Crippen LogP contribution in [0.15, 0.2) is 54.6 Å². The Balaban J connectivity index is 1.78. The molecule has 0 aliphatic rings. The highest BCUT2D eigenvalue weighted by atomic mass is 16.5. The normalized spacial score (nSPS) is 11.3. The summed E-state index contributed by atoms with van der Waals surface area (Å²) in [7, 11) is 0. The molecule has 0 saturated heterocycles. The number of aryl methyl sites for hydroxylation is 2. The fraction of sp³-hybridized carbons (Fsp3) is 0.321. The van der Waals surface area contributed by atoms with Crippen LogP contribution in [0.3, 0.4) is 0 Å². The lowest BCUT2D eigenvalue weighted by atomic mass is 9.92. The van der Waals surface area contributed by atoms with E-state index in [0.29, 0.717) is 25.2 Å². The molecule has 0 unspecified atom stereocenters. The third-order valence-corrected chi connectivity index (χ3v) is 5.64. The van der Waals surface area contributed by atoms with Gasteiger partial charge in [-0.05, 0) is 104 Å². The van der Waals surface area contributed by atoms with Crippen LogP contribution in [0, 0.1) is 20.8 Å². The quantitative estimate of drug-likeness (QED) is 0.408. The predicted molar refractivity (Wildman–Crippen MR) is 129 cm³/mol. The van der Waals surface area contributed by atoms with Crippen LogP contribution in [-0.4, -0.2) is 23.6 Å². The van der Waals surface area contributed by atoms with Gasteiger partial charge in [-0.2, -0.15) is 0 Å². The first-order valence-electron chi connectivity index (χ1n) is 10.9. The molecule has 3 aromatic carbocycles. The zero-order valence-electron chi connectivity index (χ0n) is 19.6. The van der Waals surface area contributed by atoms with Gasteiger partial charge in [0.2, 0.25) is 0 Å². The Bertz CT molecular complexity index is 1080. The lowest BCUT2D eigenvalue weighted by Crippen LogP contribution is -2.21. The van der Waals surface area contributed by atoms with E-state index in [1.165, 1.54) is 16.7 Å². The monoisotopic (exact) mass is 432 g/mol. The zero-order chi connectivity index (χ0) is 23.3. The number of ether oxygens (including phenoxy) is 2. The summed E-state index contributed by atoms with van der Waals surface area (Å²) in [6, 6.07) is 17.6. The van der Waals surface area contributed by atoms with Crippen LogP contribution in [0.5, 0.6) is 11.5 Å². The van der Waals surface area contributed by atoms with Crippen LogP contribution in [0.2, 0.25) is 0 Å². The van der Waals surface area contributed by atoms with Crippen molar-refractivity contribution >= 4 is 6.29 Å². The molecular weight excluding hydrogens is 400 g/mol. The molecule has 3 rings (SSSR count). The maximum absolute atomic E-state index is 10.8. The SMILES string of the molecule is Cc1cc(-c2cccc(COc3ccc(C=O)cc3)c2C)c(C)cc1OCCC(C)(C)O. The van der Waals surface area contributed by atoms with E-state index in [0.717, 1.165) is 34.5 Å². The van der Waals surface area contributed by atoms with Crippen molar-refractivity contribution in [2.75, 3.05) is 6.61 Å². The van der Waals surface area contributed by atoms with Crippen molar-refractivity contribution < 1.29 is 19.4 Å². The largest absolute Gasteiger partial charge is 0.493 e. The van der Waals surface area contributed by atoms with Crippen molar-refractivity contribution in [3.63, 3.8) is 0 Å². The first-order chi connectivity index (χ1) is 15.2. The lowest BCUT2D eigenvalue weighted by molar-refractivity contribution is 0.0552. The van der Waals surface area contributed by atoms with Crippen LogP contribution < -0.4 is 9.47 Å². The Labute approximate surface area is 190 Å². The third-order valence-electron chi connectivity index (χ3n) is 5.64. The van der Waals surface area contributed by atoms with Crippen molar-refractivity contribution in [1.29, 1.82) is 0 Å². The summed E-state index contributed by atoms with van der Waals surface area (Å²) in [6.07, 6.45) is 1.40. The molecule has 0 fully saturated rings. The van der Waals surface area contributed by atoms with Gasteiger partial charge in [-0.25, -0.2) is 0 Å². The molecule has 4 heteroatoms. The molecule has 0 aromatic heterocycles. The van der Waals surface area contributed by atoms with Crippen molar-refractivity contribution in [3.05, 3.63) is 82.4 Å². The van der Waals surface area contributed by atoms with E-state index in [1.54, 1.807) is 26.0 Å². The molecule has 0 spiro atoms. The van der Waals surface area contributed by atoms with Crippen molar-refractivity contribution in [1.82, 2.24) is 0 Å². The van der Waals surface area contributed by atoms with Gasteiger partial charge in [-0.15, -0.1) is 0 Å². The summed E-state index contributed by atoms with van der Waals surface area (Å²) < 4.78 is 11.9. The Morgan fingerprint density at radius 2 is 1.62 bits per heavy atom. The Morgan fingerprint density at radius 3 is 2.28 bits per heavy atom. The highest BCUT2D eigenvalue weighted by Crippen LogP contribution is 2.33. The number of benzene rings is 3. The lowest BCUT2D eigenvalue weighted by Gasteiger charge is -2.19. The number of carbonyl (C=O) groups is 1. The second-order valence-corrected chi connectivity index (χ2v) is 8.91. The molecule has 4 nitrogen and oxygen atoms in total. The van der Waals surface area contributed by atoms with Crippen molar-refractivity contribution in [2.24, 2.45) is 0 Å². The molecule has 32 heavy (non-hydrogen) atoms. The van der Waals surface area contributed by atoms with E-state index in [2.05, 4.69) is 44.2 Å². The second kappa shape index (κ2) is 10.0. The molecule has 0 saturated carbocycles. The minimum absolute atomic E-state index is 0.455. The standard InChI is InChI=1S/C28H32O4/c1-19-16-27(31-14-13-28(4,5)30)20(2)15-26(19)25-8-6-7-23(21(25)3)18-32-24-11-9-22(17-29)10-12-24/h6-12,15-17,30H,13-14,18H2,1-5H3. The van der Waals surface area contributed by atoms with E-state index in [-0.39, 0.29) is 0 Å². The number of hydrogen-bond acceptors (Lipinski definition) is 4. The van der Waals surface area contributed by atoms with Gasteiger partial charge in [0.05, 0.1) is 12.2 Å². The Hall–Kier alpha value is -3.11. The molecule has 0 amide bonds. The van der Waals surface area contributed by atoms with Gasteiger partial charge in [0.15, 0.2) is 0 Å². The molecular formula is C28H32O4. The third kappa shape index (κ3) is 5.98. The molecule has 1 N–H and O–H groups in total. The average molecular weight is 433 g/mol. The summed E-state index contributed by atoms with van der Waals surface area (Å²) in [5, 5.41) is 9.90. The van der Waals surface area contributed by atoms with Gasteiger partial charge in [0, 0.05) is 12.0 Å². The highest BCUT2D eigenvalue weighted by Gasteiger charge is 2.15. The van der Waals surface area contributed by atoms with Gasteiger partial charge < -0.3 is 14.6 Å². The average Bonchev–Trinajstić information content (AvgIpc) is 2.75. The predicted octanol–water partition coefficient (Wildman–Crippen LogP) is 6.21. The minimum Gasteiger partial charge on any atom is -0.493 e. The van der Waals surface area contributed by atoms with Crippen LogP contribution in [-0.2, 0) is 6.61 Å². The molecule has 0 aliphatic heterocycles. The topological polar surface area (TPSA) is 55.8 Å². The van der Waals surface area contributed by atoms with Crippen LogP contribution in [0.25, 0.3) is 11.1 Å². The number of hydrogen-bond donors (Lipinski definition) is 1. The molecule has 0 bridgehead atoms. The summed E-state index contributed by atoms with van der Waals surface area (Å²) >= 11 is 0. The van der Waals surface area contributed by atoms with Crippen molar-refractivity contribution in [2.45, 2.75) is 53.2 Å². The molecule has 3 aromatic rings. The summed E-state index contributed by atoms with van der Waals surface area (Å²) in [5.41, 5.74) is 6.74. The van der Waals surface area contributed by atoms with Gasteiger partial charge in [0.25, 0.3) is 0 Å². The smallest absolute Gasteiger partial charge is 0.150 e. The minimum atomic E-state index is -0.737. The maximum atomic E-state index is 10.8. The number of aliphatic hydroxyl groups is 1. The molecule has 0 atom stereocenters. The fourth-order valence-corrected chi connectivity index (χ4v) is 3.58. The van der Waals surface area contributed by atoms with Crippen LogP contribution >= 0.6 is 0 Å². The summed E-state index contributed by atoms with van der Waals surface area (Å²) in [6.45, 7) is 10.8. The number of rotatable bonds is 9. The fourth-order valence-electron chi connectivity index (χ4n) is 3.58. The molecule has 168 valence electrons. The van der Waals surface area contributed by atoms with Crippen molar-refractivity contribution in [3.8, 4) is 22.6 Å². The van der Waals surface area contributed by atoms with E-state index in [4.69, 9.17) is 9.47 Å². The van der Waals surface area contributed by atoms with E-state index < -0.39 is 5.60 Å². The number of carbonyl (C=O) groups excluding carboxylic acids is 1. The second-order valence-electron chi connectivity index (χ2n) is 8.91. The molecule has 0 heterocycles. The van der Waals surface area contributed by atoms with Gasteiger partial charge >= 0.3 is 0 Å². The van der Waals surface area contributed by atoms with E-state index in [9.17, 15) is 9.90 Å². The Morgan fingerprint density at radius 1 is 0.906 bits per heavy atom. The zero-order valence-corrected chi connectivity index (χ0v) is 19.6. The summed E-state index contributed by atoms with van der Waals surface area (Å²) in [5.74, 6) is 1.59. The Kier molecular flexibility index (Phi) is 7.37. The van der Waals surface area contributed by atoms with Gasteiger partial charge in [-0.3, -0.25) is 4.79 Å². The maximum Gasteiger partial charge on any atom is 0.150 e. The van der Waals surface area contributed by atoms with E-state index >= 15 is 0 Å². The van der Waals surface area contributed by atoms with Gasteiger partial charge in [-0.1, -0.05) is 18.2 Å².